The van der Waals surface area contributed by atoms with Gasteiger partial charge in [0, 0.05) is 25.6 Å². The van der Waals surface area contributed by atoms with Gasteiger partial charge in [0.25, 0.3) is 0 Å². The molecule has 112 valence electrons. The minimum Gasteiger partial charge on any atom is -0.352 e. The van der Waals surface area contributed by atoms with Crippen molar-refractivity contribution in [3.8, 4) is 0 Å². The summed E-state index contributed by atoms with van der Waals surface area (Å²) >= 11 is 0. The molecule has 1 atom stereocenters. The number of hydrogen-bond donors (Lipinski definition) is 1. The van der Waals surface area contributed by atoms with Gasteiger partial charge < -0.3 is 10.2 Å². The molecular formula is C17H22N2O2. The van der Waals surface area contributed by atoms with Crippen LogP contribution < -0.4 is 5.32 Å². The molecule has 1 aromatic carbocycles. The highest BCUT2D eigenvalue weighted by Crippen LogP contribution is 2.31. The molecule has 4 nitrogen and oxygen atoms in total. The Morgan fingerprint density at radius 2 is 2.05 bits per heavy atom. The summed E-state index contributed by atoms with van der Waals surface area (Å²) in [6.07, 6.45) is 3.40. The number of likely N-dealkylation sites (tertiary alicyclic amines) is 1. The Labute approximate surface area is 125 Å². The Balaban J connectivity index is 1.55. The van der Waals surface area contributed by atoms with Gasteiger partial charge in [-0.25, -0.2) is 0 Å². The maximum absolute atomic E-state index is 12.3. The lowest BCUT2D eigenvalue weighted by Gasteiger charge is -2.32. The molecule has 0 aromatic heterocycles. The monoisotopic (exact) mass is 286 g/mol. The van der Waals surface area contributed by atoms with Crippen LogP contribution in [0.1, 0.15) is 36.8 Å². The molecule has 0 spiro atoms. The second kappa shape index (κ2) is 5.88. The van der Waals surface area contributed by atoms with Crippen LogP contribution in [-0.4, -0.2) is 29.3 Å². The summed E-state index contributed by atoms with van der Waals surface area (Å²) in [5.74, 6) is 0.254. The first kappa shape index (κ1) is 14.1. The van der Waals surface area contributed by atoms with Crippen molar-refractivity contribution in [1.82, 2.24) is 10.2 Å². The third-order valence-electron chi connectivity index (χ3n) is 4.52. The van der Waals surface area contributed by atoms with Crippen LogP contribution in [0.25, 0.3) is 0 Å². The first-order chi connectivity index (χ1) is 10.1. The predicted octanol–water partition coefficient (Wildman–Crippen LogP) is 2.01. The summed E-state index contributed by atoms with van der Waals surface area (Å²) in [7, 11) is 0. The van der Waals surface area contributed by atoms with Crippen molar-refractivity contribution in [2.24, 2.45) is 5.92 Å². The summed E-state index contributed by atoms with van der Waals surface area (Å²) < 4.78 is 0. The van der Waals surface area contributed by atoms with E-state index in [0.29, 0.717) is 32.0 Å². The molecule has 2 amide bonds. The zero-order valence-electron chi connectivity index (χ0n) is 12.5. The van der Waals surface area contributed by atoms with Crippen molar-refractivity contribution in [2.45, 2.75) is 45.2 Å². The number of carbonyl (C=O) groups is 2. The van der Waals surface area contributed by atoms with Crippen LogP contribution in [0.2, 0.25) is 0 Å². The number of rotatable bonds is 4. The van der Waals surface area contributed by atoms with Crippen molar-refractivity contribution < 1.29 is 9.59 Å². The molecule has 0 bridgehead atoms. The molecule has 21 heavy (non-hydrogen) atoms. The van der Waals surface area contributed by atoms with Crippen LogP contribution in [0.15, 0.2) is 24.3 Å². The predicted molar refractivity (Wildman–Crippen MR) is 80.5 cm³/mol. The van der Waals surface area contributed by atoms with Gasteiger partial charge in [-0.15, -0.1) is 0 Å². The molecule has 0 unspecified atom stereocenters. The van der Waals surface area contributed by atoms with Crippen molar-refractivity contribution in [1.29, 1.82) is 0 Å². The molecule has 1 aliphatic heterocycles. The van der Waals surface area contributed by atoms with E-state index < -0.39 is 0 Å². The van der Waals surface area contributed by atoms with E-state index in [9.17, 15) is 9.59 Å². The largest absolute Gasteiger partial charge is 0.352 e. The third kappa shape index (κ3) is 3.26. The molecule has 1 aromatic rings. The minimum absolute atomic E-state index is 0.0488. The van der Waals surface area contributed by atoms with Gasteiger partial charge in [0.05, 0.1) is 5.92 Å². The van der Waals surface area contributed by atoms with E-state index in [1.54, 1.807) is 0 Å². The average molecular weight is 286 g/mol. The fourth-order valence-electron chi connectivity index (χ4n) is 2.96. The zero-order valence-corrected chi connectivity index (χ0v) is 12.5. The molecule has 2 aliphatic rings. The summed E-state index contributed by atoms with van der Waals surface area (Å²) in [5, 5.41) is 3.03. The van der Waals surface area contributed by atoms with E-state index >= 15 is 0 Å². The van der Waals surface area contributed by atoms with E-state index in [1.807, 2.05) is 23.1 Å². The second-order valence-corrected chi connectivity index (χ2v) is 6.16. The van der Waals surface area contributed by atoms with Gasteiger partial charge in [0.2, 0.25) is 11.8 Å². The van der Waals surface area contributed by atoms with E-state index in [2.05, 4.69) is 18.3 Å². The number of nitrogens with zero attached hydrogens (tertiary/aromatic N) is 1. The van der Waals surface area contributed by atoms with Crippen LogP contribution >= 0.6 is 0 Å². The Morgan fingerprint density at radius 1 is 1.29 bits per heavy atom. The number of benzene rings is 1. The Kier molecular flexibility index (Phi) is 3.95. The summed E-state index contributed by atoms with van der Waals surface area (Å²) in [6, 6.07) is 8.49. The second-order valence-electron chi connectivity index (χ2n) is 6.16. The van der Waals surface area contributed by atoms with Gasteiger partial charge >= 0.3 is 0 Å². The summed E-state index contributed by atoms with van der Waals surface area (Å²) in [5.41, 5.74) is 2.34. The molecular weight excluding hydrogens is 264 g/mol. The molecule has 0 radical (unpaired) electrons. The quantitative estimate of drug-likeness (QED) is 0.920. The number of amides is 2. The summed E-state index contributed by atoms with van der Waals surface area (Å²) in [6.45, 7) is 3.22. The van der Waals surface area contributed by atoms with Gasteiger partial charge in [0.1, 0.15) is 0 Å². The van der Waals surface area contributed by atoms with Crippen molar-refractivity contribution in [2.75, 3.05) is 6.54 Å². The van der Waals surface area contributed by atoms with E-state index in [0.717, 1.165) is 18.4 Å². The summed E-state index contributed by atoms with van der Waals surface area (Å²) in [4.78, 5) is 26.1. The van der Waals surface area contributed by atoms with Crippen molar-refractivity contribution >= 4 is 11.8 Å². The Morgan fingerprint density at radius 3 is 2.76 bits per heavy atom. The van der Waals surface area contributed by atoms with E-state index in [-0.39, 0.29) is 17.7 Å². The molecule has 1 saturated carbocycles. The molecule has 1 N–H and O–H groups in total. The molecule has 1 aliphatic carbocycles. The highest BCUT2D eigenvalue weighted by Gasteiger charge is 2.38. The SMILES string of the molecule is Cc1ccccc1CNC(=O)[C@H]1CCC(=O)N(C2CC2)C1. The van der Waals surface area contributed by atoms with E-state index in [4.69, 9.17) is 0 Å². The van der Waals surface area contributed by atoms with Crippen molar-refractivity contribution in [3.05, 3.63) is 35.4 Å². The lowest BCUT2D eigenvalue weighted by molar-refractivity contribution is -0.138. The van der Waals surface area contributed by atoms with Crippen LogP contribution in [0.5, 0.6) is 0 Å². The van der Waals surface area contributed by atoms with Crippen LogP contribution in [0, 0.1) is 12.8 Å². The number of nitrogens with one attached hydrogen (secondary N) is 1. The molecule has 1 heterocycles. The van der Waals surface area contributed by atoms with Crippen LogP contribution in [0.3, 0.4) is 0 Å². The third-order valence-corrected chi connectivity index (χ3v) is 4.52. The Bertz CT molecular complexity index is 551. The molecule has 2 fully saturated rings. The lowest BCUT2D eigenvalue weighted by Crippen LogP contribution is -2.46. The molecule has 1 saturated heterocycles. The standard InChI is InChI=1S/C17H22N2O2/c1-12-4-2-3-5-13(12)10-18-17(21)14-6-9-16(20)19(11-14)15-7-8-15/h2-5,14-15H,6-11H2,1H3,(H,18,21)/t14-/m0/s1. The normalized spacial score (nSPS) is 22.2. The fourth-order valence-corrected chi connectivity index (χ4v) is 2.96. The smallest absolute Gasteiger partial charge is 0.225 e. The molecule has 4 heteroatoms. The van der Waals surface area contributed by atoms with Gasteiger partial charge in [-0.05, 0) is 37.3 Å². The first-order valence-electron chi connectivity index (χ1n) is 7.77. The van der Waals surface area contributed by atoms with Gasteiger partial charge in [0.15, 0.2) is 0 Å². The maximum Gasteiger partial charge on any atom is 0.225 e. The zero-order chi connectivity index (χ0) is 14.8. The van der Waals surface area contributed by atoms with E-state index in [1.165, 1.54) is 5.56 Å². The minimum atomic E-state index is -0.0488. The number of aryl methyl sites for hydroxylation is 1. The number of carbonyl (C=O) groups excluding carboxylic acids is 2. The van der Waals surface area contributed by atoms with Gasteiger partial charge in [-0.2, -0.15) is 0 Å². The topological polar surface area (TPSA) is 49.4 Å². The first-order valence-corrected chi connectivity index (χ1v) is 7.77. The lowest BCUT2D eigenvalue weighted by atomic mass is 9.96. The Hall–Kier alpha value is -1.84. The highest BCUT2D eigenvalue weighted by molar-refractivity contribution is 5.84. The number of piperidine rings is 1. The van der Waals surface area contributed by atoms with Gasteiger partial charge in [-0.3, -0.25) is 9.59 Å². The molecule has 3 rings (SSSR count). The average Bonchev–Trinajstić information content (AvgIpc) is 3.31. The maximum atomic E-state index is 12.3. The van der Waals surface area contributed by atoms with Crippen LogP contribution in [-0.2, 0) is 16.1 Å². The fraction of sp³-hybridized carbons (Fsp3) is 0.529. The van der Waals surface area contributed by atoms with Crippen LogP contribution in [0.4, 0.5) is 0 Å². The highest BCUT2D eigenvalue weighted by atomic mass is 16.2. The van der Waals surface area contributed by atoms with Crippen molar-refractivity contribution in [3.63, 3.8) is 0 Å². The van der Waals surface area contributed by atoms with Gasteiger partial charge in [-0.1, -0.05) is 24.3 Å². The number of hydrogen-bond acceptors (Lipinski definition) is 2.